The van der Waals surface area contributed by atoms with Crippen molar-refractivity contribution in [3.05, 3.63) is 40.6 Å². The maximum atomic E-state index is 12.5. The average molecular weight is 360 g/mol. The van der Waals surface area contributed by atoms with E-state index in [2.05, 4.69) is 14.9 Å². The number of nitrogens with zero attached hydrogens (tertiary/aromatic N) is 3. The van der Waals surface area contributed by atoms with Crippen molar-refractivity contribution in [1.29, 1.82) is 0 Å². The first-order valence-corrected chi connectivity index (χ1v) is 7.76. The van der Waals surface area contributed by atoms with Crippen molar-refractivity contribution in [2.24, 2.45) is 0 Å². The van der Waals surface area contributed by atoms with Crippen LogP contribution in [0.15, 0.2) is 22.6 Å². The second-order valence-electron chi connectivity index (χ2n) is 5.38. The van der Waals surface area contributed by atoms with Crippen molar-refractivity contribution in [1.82, 2.24) is 15.1 Å². The van der Waals surface area contributed by atoms with Gasteiger partial charge in [-0.3, -0.25) is 4.90 Å². The number of rotatable bonds is 5. The molecule has 9 heteroatoms. The van der Waals surface area contributed by atoms with Gasteiger partial charge >= 0.3 is 6.61 Å². The van der Waals surface area contributed by atoms with Crippen LogP contribution in [0.1, 0.15) is 23.4 Å². The molecule has 1 aromatic carbocycles. The predicted molar refractivity (Wildman–Crippen MR) is 81.1 cm³/mol. The van der Waals surface area contributed by atoms with Crippen molar-refractivity contribution in [2.45, 2.75) is 26.2 Å². The van der Waals surface area contributed by atoms with E-state index in [4.69, 9.17) is 20.8 Å². The number of aryl methyl sites for hydroxylation is 1. The molecule has 3 rings (SSSR count). The molecule has 1 fully saturated rings. The Balaban J connectivity index is 1.72. The summed E-state index contributed by atoms with van der Waals surface area (Å²) in [5.74, 6) is 0.992. The largest absolute Gasteiger partial charge is 0.434 e. The molecule has 1 aliphatic rings. The molecule has 1 aromatic heterocycles. The lowest BCUT2D eigenvalue weighted by Gasteiger charge is -2.31. The molecule has 0 aliphatic carbocycles. The molecule has 130 valence electrons. The number of hydrogen-bond acceptors (Lipinski definition) is 6. The molecule has 2 aromatic rings. The molecular formula is C15H16ClF2N3O3. The van der Waals surface area contributed by atoms with E-state index < -0.39 is 6.61 Å². The van der Waals surface area contributed by atoms with Crippen molar-refractivity contribution in [3.63, 3.8) is 0 Å². The highest BCUT2D eigenvalue weighted by molar-refractivity contribution is 6.30. The van der Waals surface area contributed by atoms with E-state index in [-0.39, 0.29) is 11.9 Å². The Bertz CT molecular complexity index is 698. The van der Waals surface area contributed by atoms with Gasteiger partial charge in [0.15, 0.2) is 0 Å². The van der Waals surface area contributed by atoms with E-state index in [9.17, 15) is 8.78 Å². The molecule has 0 amide bonds. The number of halogens is 3. The van der Waals surface area contributed by atoms with Gasteiger partial charge < -0.3 is 13.9 Å². The fraction of sp³-hybridized carbons (Fsp3) is 0.467. The first kappa shape index (κ1) is 17.1. The third kappa shape index (κ3) is 4.19. The van der Waals surface area contributed by atoms with Crippen LogP contribution in [-0.4, -0.2) is 41.4 Å². The smallest absolute Gasteiger partial charge is 0.387 e. The van der Waals surface area contributed by atoms with Crippen LogP contribution in [0.4, 0.5) is 8.78 Å². The molecule has 0 bridgehead atoms. The average Bonchev–Trinajstić information content (AvgIpc) is 2.97. The van der Waals surface area contributed by atoms with E-state index >= 15 is 0 Å². The molecule has 0 N–H and O–H groups in total. The van der Waals surface area contributed by atoms with Gasteiger partial charge in [0.05, 0.1) is 6.61 Å². The molecule has 24 heavy (non-hydrogen) atoms. The van der Waals surface area contributed by atoms with Crippen LogP contribution in [-0.2, 0) is 11.3 Å². The van der Waals surface area contributed by atoms with Gasteiger partial charge in [0.2, 0.25) is 11.8 Å². The summed E-state index contributed by atoms with van der Waals surface area (Å²) in [6.07, 6.45) is -0.349. The first-order chi connectivity index (χ1) is 11.5. The zero-order chi connectivity index (χ0) is 17.1. The maximum Gasteiger partial charge on any atom is 0.387 e. The van der Waals surface area contributed by atoms with Crippen LogP contribution in [0.5, 0.6) is 5.75 Å². The Labute approximate surface area is 142 Å². The molecule has 1 unspecified atom stereocenters. The highest BCUT2D eigenvalue weighted by atomic mass is 35.5. The van der Waals surface area contributed by atoms with Crippen molar-refractivity contribution >= 4 is 11.6 Å². The molecule has 6 nitrogen and oxygen atoms in total. The lowest BCUT2D eigenvalue weighted by molar-refractivity contribution is -0.0548. The minimum Gasteiger partial charge on any atom is -0.434 e. The SMILES string of the molecule is Cc1nnc(C2CN(Cc3cc(Cl)ccc3OC(F)F)CCO2)o1. The summed E-state index contributed by atoms with van der Waals surface area (Å²) >= 11 is 5.98. The number of morpholine rings is 1. The molecule has 2 heterocycles. The van der Waals surface area contributed by atoms with E-state index in [1.54, 1.807) is 13.0 Å². The van der Waals surface area contributed by atoms with Crippen LogP contribution in [0.3, 0.4) is 0 Å². The Morgan fingerprint density at radius 1 is 1.42 bits per heavy atom. The minimum absolute atomic E-state index is 0.117. The molecule has 1 saturated heterocycles. The van der Waals surface area contributed by atoms with Gasteiger partial charge in [0.1, 0.15) is 11.9 Å². The monoisotopic (exact) mass is 359 g/mol. The zero-order valence-corrected chi connectivity index (χ0v) is 13.7. The van der Waals surface area contributed by atoms with E-state index in [1.807, 2.05) is 4.90 Å². The van der Waals surface area contributed by atoms with E-state index in [0.717, 1.165) is 0 Å². The van der Waals surface area contributed by atoms with Gasteiger partial charge in [-0.1, -0.05) is 11.6 Å². The van der Waals surface area contributed by atoms with Crippen LogP contribution in [0.2, 0.25) is 5.02 Å². The Kier molecular flexibility index (Phi) is 5.27. The number of hydrogen-bond donors (Lipinski definition) is 0. The second-order valence-corrected chi connectivity index (χ2v) is 5.82. The quantitative estimate of drug-likeness (QED) is 0.817. The number of ether oxygens (including phenoxy) is 2. The van der Waals surface area contributed by atoms with Gasteiger partial charge in [-0.25, -0.2) is 0 Å². The second kappa shape index (κ2) is 7.42. The summed E-state index contributed by atoms with van der Waals surface area (Å²) in [5, 5.41) is 8.22. The molecule has 0 spiro atoms. The van der Waals surface area contributed by atoms with Crippen molar-refractivity contribution in [3.8, 4) is 5.75 Å². The third-order valence-corrected chi connectivity index (χ3v) is 3.84. The van der Waals surface area contributed by atoms with Crippen molar-refractivity contribution in [2.75, 3.05) is 19.7 Å². The predicted octanol–water partition coefficient (Wildman–Crippen LogP) is 3.21. The highest BCUT2D eigenvalue weighted by Crippen LogP contribution is 2.28. The minimum atomic E-state index is -2.89. The maximum absolute atomic E-state index is 12.5. The molecule has 0 radical (unpaired) electrons. The fourth-order valence-corrected chi connectivity index (χ4v) is 2.76. The topological polar surface area (TPSA) is 60.6 Å². The number of benzene rings is 1. The summed E-state index contributed by atoms with van der Waals surface area (Å²) in [4.78, 5) is 2.04. The van der Waals surface area contributed by atoms with Gasteiger partial charge in [-0.05, 0) is 18.2 Å². The van der Waals surface area contributed by atoms with Gasteiger partial charge in [-0.2, -0.15) is 8.78 Å². The van der Waals surface area contributed by atoms with Crippen LogP contribution in [0, 0.1) is 6.92 Å². The fourth-order valence-electron chi connectivity index (χ4n) is 2.56. The standard InChI is InChI=1S/C15H16ClF2N3O3/c1-9-19-20-14(23-9)13-8-21(4-5-22-13)7-10-6-11(16)2-3-12(10)24-15(17)18/h2-3,6,13,15H,4-5,7-8H2,1H3. The Morgan fingerprint density at radius 3 is 2.96 bits per heavy atom. The van der Waals surface area contributed by atoms with Crippen molar-refractivity contribution < 1.29 is 22.7 Å². The summed E-state index contributed by atoms with van der Waals surface area (Å²) in [6.45, 7) is 0.834. The lowest BCUT2D eigenvalue weighted by atomic mass is 10.1. The molecular weight excluding hydrogens is 344 g/mol. The third-order valence-electron chi connectivity index (χ3n) is 3.60. The summed E-state index contributed by atoms with van der Waals surface area (Å²) in [6, 6.07) is 4.59. The van der Waals surface area contributed by atoms with Crippen LogP contribution >= 0.6 is 11.6 Å². The normalized spacial score (nSPS) is 19.0. The van der Waals surface area contributed by atoms with Gasteiger partial charge in [-0.15, -0.1) is 10.2 Å². The van der Waals surface area contributed by atoms with E-state index in [1.165, 1.54) is 12.1 Å². The lowest BCUT2D eigenvalue weighted by Crippen LogP contribution is -2.38. The van der Waals surface area contributed by atoms with Gasteiger partial charge in [0.25, 0.3) is 0 Å². The molecule has 1 atom stereocenters. The van der Waals surface area contributed by atoms with Crippen LogP contribution in [0.25, 0.3) is 0 Å². The number of alkyl halides is 2. The Morgan fingerprint density at radius 2 is 2.25 bits per heavy atom. The summed E-state index contributed by atoms with van der Waals surface area (Å²) < 4.78 is 40.7. The molecule has 1 aliphatic heterocycles. The summed E-state index contributed by atoms with van der Waals surface area (Å²) in [5.41, 5.74) is 0.588. The highest BCUT2D eigenvalue weighted by Gasteiger charge is 2.27. The number of aromatic nitrogens is 2. The van der Waals surface area contributed by atoms with Crippen LogP contribution < -0.4 is 4.74 Å². The first-order valence-electron chi connectivity index (χ1n) is 7.38. The van der Waals surface area contributed by atoms with E-state index in [0.29, 0.717) is 48.6 Å². The summed E-state index contributed by atoms with van der Waals surface area (Å²) in [7, 11) is 0. The zero-order valence-electron chi connectivity index (χ0n) is 12.9. The molecule has 0 saturated carbocycles. The van der Waals surface area contributed by atoms with Gasteiger partial charge in [0, 0.05) is 37.1 Å². The Hall–Kier alpha value is -1.77.